The molecule has 2 unspecified atom stereocenters. The predicted molar refractivity (Wildman–Crippen MR) is 122 cm³/mol. The highest BCUT2D eigenvalue weighted by Crippen LogP contribution is 2.37. The smallest absolute Gasteiger partial charge is 0.280 e. The van der Waals surface area contributed by atoms with E-state index in [1.165, 1.54) is 30.5 Å². The van der Waals surface area contributed by atoms with Gasteiger partial charge >= 0.3 is 0 Å². The number of rotatable bonds is 4. The number of benzene rings is 1. The van der Waals surface area contributed by atoms with Crippen molar-refractivity contribution in [3.8, 4) is 10.4 Å². The number of aryl methyl sites for hydroxylation is 1. The summed E-state index contributed by atoms with van der Waals surface area (Å²) in [7, 11) is -0.689. The topological polar surface area (TPSA) is 96.3 Å². The molecular weight excluding hydrogens is 477 g/mol. The molecule has 1 saturated heterocycles. The second kappa shape index (κ2) is 8.56. The van der Waals surface area contributed by atoms with Crippen molar-refractivity contribution in [2.75, 3.05) is 12.4 Å². The Morgan fingerprint density at radius 3 is 2.72 bits per heavy atom. The average Bonchev–Trinajstić information content (AvgIpc) is 3.34. The average molecular weight is 498 g/mol. The Morgan fingerprint density at radius 1 is 1.31 bits per heavy atom. The van der Waals surface area contributed by atoms with Gasteiger partial charge in [0.05, 0.1) is 17.3 Å². The Balaban J connectivity index is 1.58. The Hall–Kier alpha value is -2.31. The summed E-state index contributed by atoms with van der Waals surface area (Å²) in [5.74, 6) is -1.13. The number of halogens is 2. The van der Waals surface area contributed by atoms with Crippen LogP contribution in [0.4, 0.5) is 10.1 Å². The number of hydrogen-bond acceptors (Lipinski definition) is 5. The van der Waals surface area contributed by atoms with Crippen LogP contribution in [0.2, 0.25) is 5.02 Å². The number of thiophene rings is 1. The van der Waals surface area contributed by atoms with Crippen LogP contribution in [0.1, 0.15) is 23.0 Å². The van der Waals surface area contributed by atoms with Gasteiger partial charge in [-0.1, -0.05) is 11.6 Å². The van der Waals surface area contributed by atoms with Gasteiger partial charge in [-0.2, -0.15) is 22.5 Å². The van der Waals surface area contributed by atoms with E-state index in [1.807, 2.05) is 26.1 Å². The maximum Gasteiger partial charge on any atom is 0.280 e. The van der Waals surface area contributed by atoms with Crippen molar-refractivity contribution in [2.45, 2.75) is 25.4 Å². The SMILES string of the molecule is Cc1c(-c2ccc(C3CC(C(=O)Nc4ccc(F)c(Cl)c4)N(C)S(=O)(=O)N3)s2)cnn1C. The van der Waals surface area contributed by atoms with E-state index in [2.05, 4.69) is 15.1 Å². The number of carbonyl (C=O) groups is 1. The van der Waals surface area contributed by atoms with Crippen molar-refractivity contribution in [2.24, 2.45) is 7.05 Å². The molecule has 0 aliphatic carbocycles. The summed E-state index contributed by atoms with van der Waals surface area (Å²) in [6, 6.07) is 6.04. The van der Waals surface area contributed by atoms with Crippen LogP contribution in [-0.2, 0) is 22.1 Å². The summed E-state index contributed by atoms with van der Waals surface area (Å²) in [4.78, 5) is 14.7. The Kier molecular flexibility index (Phi) is 6.12. The fraction of sp³-hybridized carbons (Fsp3) is 0.300. The fourth-order valence-electron chi connectivity index (χ4n) is 3.52. The van der Waals surface area contributed by atoms with E-state index >= 15 is 0 Å². The molecule has 170 valence electrons. The Morgan fingerprint density at radius 2 is 2.06 bits per heavy atom. The summed E-state index contributed by atoms with van der Waals surface area (Å²) in [5, 5.41) is 6.75. The fourth-order valence-corrected chi connectivity index (χ4v) is 6.18. The number of nitrogens with zero attached hydrogens (tertiary/aromatic N) is 3. The highest BCUT2D eigenvalue weighted by atomic mass is 35.5. The number of nitrogens with one attached hydrogen (secondary N) is 2. The molecule has 1 aliphatic heterocycles. The van der Waals surface area contributed by atoms with Gasteiger partial charge in [-0.05, 0) is 43.7 Å². The predicted octanol–water partition coefficient (Wildman–Crippen LogP) is 3.47. The summed E-state index contributed by atoms with van der Waals surface area (Å²) in [6.45, 7) is 1.96. The second-order valence-electron chi connectivity index (χ2n) is 7.53. The molecule has 4 rings (SSSR count). The molecule has 3 aromatic rings. The third kappa shape index (κ3) is 4.30. The van der Waals surface area contributed by atoms with E-state index in [-0.39, 0.29) is 17.1 Å². The van der Waals surface area contributed by atoms with E-state index < -0.39 is 34.0 Å². The Bertz CT molecular complexity index is 1290. The van der Waals surface area contributed by atoms with E-state index in [0.29, 0.717) is 0 Å². The molecule has 1 aliphatic rings. The summed E-state index contributed by atoms with van der Waals surface area (Å²) in [6.07, 6.45) is 2.00. The number of aromatic nitrogens is 2. The minimum absolute atomic E-state index is 0.135. The lowest BCUT2D eigenvalue weighted by Crippen LogP contribution is -2.55. The van der Waals surface area contributed by atoms with Crippen LogP contribution in [0.3, 0.4) is 0 Å². The minimum Gasteiger partial charge on any atom is -0.325 e. The van der Waals surface area contributed by atoms with Crippen molar-refractivity contribution >= 4 is 44.7 Å². The van der Waals surface area contributed by atoms with Crippen molar-refractivity contribution in [1.82, 2.24) is 18.8 Å². The monoisotopic (exact) mass is 497 g/mol. The maximum atomic E-state index is 13.4. The van der Waals surface area contributed by atoms with Gasteiger partial charge in [-0.25, -0.2) is 4.39 Å². The van der Waals surface area contributed by atoms with Gasteiger partial charge in [0.2, 0.25) is 5.91 Å². The first kappa shape index (κ1) is 22.9. The first-order chi connectivity index (χ1) is 15.1. The van der Waals surface area contributed by atoms with Crippen LogP contribution in [0.5, 0.6) is 0 Å². The standard InChI is InChI=1S/C20H21ClFN5O3S2/c1-11-13(10-23-26(11)2)18-6-7-19(31-18)16-9-17(27(3)32(29,30)25-16)20(28)24-12-4-5-15(22)14(21)8-12/h4-8,10,16-17,25H,9H2,1-3H3,(H,24,28). The summed E-state index contributed by atoms with van der Waals surface area (Å²) < 4.78 is 44.3. The number of carbonyl (C=O) groups excluding carboxylic acids is 1. The molecule has 32 heavy (non-hydrogen) atoms. The molecule has 0 spiro atoms. The molecule has 12 heteroatoms. The van der Waals surface area contributed by atoms with E-state index in [4.69, 9.17) is 11.6 Å². The minimum atomic E-state index is -3.89. The molecule has 0 radical (unpaired) electrons. The molecule has 1 amide bonds. The van der Waals surface area contributed by atoms with Crippen LogP contribution < -0.4 is 10.0 Å². The summed E-state index contributed by atoms with van der Waals surface area (Å²) >= 11 is 7.23. The highest BCUT2D eigenvalue weighted by molar-refractivity contribution is 7.87. The maximum absolute atomic E-state index is 13.4. The van der Waals surface area contributed by atoms with E-state index in [9.17, 15) is 17.6 Å². The number of hydrogen-bond donors (Lipinski definition) is 2. The lowest BCUT2D eigenvalue weighted by Gasteiger charge is -2.35. The van der Waals surface area contributed by atoms with Gasteiger partial charge in [-0.3, -0.25) is 9.48 Å². The highest BCUT2D eigenvalue weighted by Gasteiger charge is 2.41. The van der Waals surface area contributed by atoms with Crippen molar-refractivity contribution < 1.29 is 17.6 Å². The van der Waals surface area contributed by atoms with Gasteiger partial charge < -0.3 is 5.32 Å². The van der Waals surface area contributed by atoms with Gasteiger partial charge in [0.15, 0.2) is 0 Å². The zero-order valence-corrected chi connectivity index (χ0v) is 19.9. The molecule has 0 bridgehead atoms. The quantitative estimate of drug-likeness (QED) is 0.577. The summed E-state index contributed by atoms with van der Waals surface area (Å²) in [5.41, 5.74) is 2.26. The van der Waals surface area contributed by atoms with Crippen molar-refractivity contribution in [3.63, 3.8) is 0 Å². The van der Waals surface area contributed by atoms with Crippen LogP contribution in [0.25, 0.3) is 10.4 Å². The van der Waals surface area contributed by atoms with Crippen LogP contribution in [-0.4, -0.2) is 41.5 Å². The largest absolute Gasteiger partial charge is 0.325 e. The lowest BCUT2D eigenvalue weighted by molar-refractivity contribution is -0.120. The van der Waals surface area contributed by atoms with Gasteiger partial charge in [0, 0.05) is 40.8 Å². The first-order valence-corrected chi connectivity index (χ1v) is 12.3. The zero-order valence-electron chi connectivity index (χ0n) is 17.5. The number of likely N-dealkylation sites (N-methyl/N-ethyl adjacent to an activating group) is 1. The molecule has 1 aromatic carbocycles. The van der Waals surface area contributed by atoms with Crippen molar-refractivity contribution in [1.29, 1.82) is 0 Å². The molecule has 1 fully saturated rings. The first-order valence-electron chi connectivity index (χ1n) is 9.66. The molecular formula is C20H21ClFN5O3S2. The lowest BCUT2D eigenvalue weighted by atomic mass is 10.1. The molecule has 2 N–H and O–H groups in total. The third-order valence-electron chi connectivity index (χ3n) is 5.53. The molecule has 3 heterocycles. The van der Waals surface area contributed by atoms with Crippen LogP contribution >= 0.6 is 22.9 Å². The molecule has 2 atom stereocenters. The number of anilines is 1. The Labute approximate surface area is 194 Å². The normalized spacial score (nSPS) is 20.9. The molecule has 2 aromatic heterocycles. The zero-order chi connectivity index (χ0) is 23.2. The van der Waals surface area contributed by atoms with Gasteiger partial charge in [-0.15, -0.1) is 11.3 Å². The van der Waals surface area contributed by atoms with Crippen molar-refractivity contribution in [3.05, 3.63) is 57.9 Å². The second-order valence-corrected chi connectivity index (χ2v) is 10.8. The van der Waals surface area contributed by atoms with Gasteiger partial charge in [0.1, 0.15) is 11.9 Å². The molecule has 0 saturated carbocycles. The van der Waals surface area contributed by atoms with Crippen LogP contribution in [0, 0.1) is 12.7 Å². The van der Waals surface area contributed by atoms with Gasteiger partial charge in [0.25, 0.3) is 10.2 Å². The van der Waals surface area contributed by atoms with E-state index in [0.717, 1.165) is 31.4 Å². The number of amides is 1. The van der Waals surface area contributed by atoms with E-state index in [1.54, 1.807) is 10.9 Å². The molecule has 8 nitrogen and oxygen atoms in total. The third-order valence-corrected chi connectivity index (χ3v) is 8.65. The van der Waals surface area contributed by atoms with Crippen LogP contribution in [0.15, 0.2) is 36.5 Å².